The number of rotatable bonds is 7. The van der Waals surface area contributed by atoms with Crippen molar-refractivity contribution in [2.75, 3.05) is 26.2 Å². The van der Waals surface area contributed by atoms with Crippen LogP contribution in [0.25, 0.3) is 11.0 Å². The van der Waals surface area contributed by atoms with Crippen molar-refractivity contribution < 1.29 is 9.53 Å². The molecular formula is C29H32N4O2. The lowest BCUT2D eigenvalue weighted by molar-refractivity contribution is 0.0624. The number of aromatic nitrogens is 2. The number of para-hydroxylation sites is 2. The first kappa shape index (κ1) is 23.1. The summed E-state index contributed by atoms with van der Waals surface area (Å²) < 4.78 is 8.02. The molecule has 0 radical (unpaired) electrons. The van der Waals surface area contributed by atoms with Gasteiger partial charge in [0.2, 0.25) is 0 Å². The number of ether oxygens (including phenoxy) is 1. The van der Waals surface area contributed by atoms with E-state index in [0.717, 1.165) is 48.8 Å². The SMILES string of the molecule is CC(C)Oc1ccc(C(=O)N2CCN(Cc3nc4ccccc4n3Cc3ccccc3)CC2)cc1. The molecular weight excluding hydrogens is 436 g/mol. The number of carbonyl (C=O) groups is 1. The van der Waals surface area contributed by atoms with Crippen LogP contribution in [-0.2, 0) is 13.1 Å². The van der Waals surface area contributed by atoms with Gasteiger partial charge in [0, 0.05) is 38.3 Å². The Bertz CT molecular complexity index is 1270. The zero-order valence-electron chi connectivity index (χ0n) is 20.4. The van der Waals surface area contributed by atoms with Crippen molar-refractivity contribution in [3.8, 4) is 5.75 Å². The fraction of sp³-hybridized carbons (Fsp3) is 0.310. The number of hydrogen-bond donors (Lipinski definition) is 0. The average Bonchev–Trinajstić information content (AvgIpc) is 3.21. The quantitative estimate of drug-likeness (QED) is 0.390. The van der Waals surface area contributed by atoms with Gasteiger partial charge in [0.1, 0.15) is 11.6 Å². The maximum atomic E-state index is 13.0. The second-order valence-corrected chi connectivity index (χ2v) is 9.35. The Hall–Kier alpha value is -3.64. The Morgan fingerprint density at radius 1 is 0.857 bits per heavy atom. The first-order chi connectivity index (χ1) is 17.1. The zero-order chi connectivity index (χ0) is 24.2. The van der Waals surface area contributed by atoms with Gasteiger partial charge in [-0.15, -0.1) is 0 Å². The van der Waals surface area contributed by atoms with Gasteiger partial charge in [-0.3, -0.25) is 9.69 Å². The van der Waals surface area contributed by atoms with E-state index in [1.165, 1.54) is 5.56 Å². The normalized spacial score (nSPS) is 14.5. The molecule has 0 atom stereocenters. The molecule has 1 amide bonds. The first-order valence-corrected chi connectivity index (χ1v) is 12.3. The summed E-state index contributed by atoms with van der Waals surface area (Å²) in [4.78, 5) is 22.3. The summed E-state index contributed by atoms with van der Waals surface area (Å²) in [5.74, 6) is 1.94. The van der Waals surface area contributed by atoms with Crippen molar-refractivity contribution in [3.05, 3.63) is 95.8 Å². The van der Waals surface area contributed by atoms with E-state index in [1.54, 1.807) is 0 Å². The van der Waals surface area contributed by atoms with Crippen molar-refractivity contribution in [3.63, 3.8) is 0 Å². The molecule has 6 heteroatoms. The zero-order valence-corrected chi connectivity index (χ0v) is 20.4. The highest BCUT2D eigenvalue weighted by Gasteiger charge is 2.24. The third-order valence-corrected chi connectivity index (χ3v) is 6.41. The van der Waals surface area contributed by atoms with Gasteiger partial charge >= 0.3 is 0 Å². The largest absolute Gasteiger partial charge is 0.491 e. The maximum absolute atomic E-state index is 13.0. The Labute approximate surface area is 206 Å². The van der Waals surface area contributed by atoms with Crippen LogP contribution >= 0.6 is 0 Å². The molecule has 3 aromatic carbocycles. The molecule has 180 valence electrons. The van der Waals surface area contributed by atoms with Crippen LogP contribution in [-0.4, -0.2) is 57.5 Å². The summed E-state index contributed by atoms with van der Waals surface area (Å²) in [6.45, 7) is 8.63. The van der Waals surface area contributed by atoms with Crippen LogP contribution in [0.5, 0.6) is 5.75 Å². The van der Waals surface area contributed by atoms with Crippen molar-refractivity contribution in [2.45, 2.75) is 33.0 Å². The number of benzene rings is 3. The summed E-state index contributed by atoms with van der Waals surface area (Å²) in [5, 5.41) is 0. The average molecular weight is 469 g/mol. The topological polar surface area (TPSA) is 50.6 Å². The minimum absolute atomic E-state index is 0.0806. The van der Waals surface area contributed by atoms with E-state index in [0.29, 0.717) is 18.7 Å². The molecule has 1 aliphatic heterocycles. The number of nitrogens with zero attached hydrogens (tertiary/aromatic N) is 4. The van der Waals surface area contributed by atoms with Gasteiger partial charge in [0.15, 0.2) is 0 Å². The lowest BCUT2D eigenvalue weighted by Gasteiger charge is -2.34. The molecule has 0 unspecified atom stereocenters. The Morgan fingerprint density at radius 3 is 2.26 bits per heavy atom. The molecule has 35 heavy (non-hydrogen) atoms. The van der Waals surface area contributed by atoms with Crippen molar-refractivity contribution in [1.29, 1.82) is 0 Å². The highest BCUT2D eigenvalue weighted by molar-refractivity contribution is 5.94. The molecule has 6 nitrogen and oxygen atoms in total. The van der Waals surface area contributed by atoms with Crippen LogP contribution in [0.3, 0.4) is 0 Å². The van der Waals surface area contributed by atoms with Crippen LogP contribution in [0.15, 0.2) is 78.9 Å². The highest BCUT2D eigenvalue weighted by atomic mass is 16.5. The predicted octanol–water partition coefficient (Wildman–Crippen LogP) is 4.83. The van der Waals surface area contributed by atoms with Gasteiger partial charge < -0.3 is 14.2 Å². The van der Waals surface area contributed by atoms with Crippen molar-refractivity contribution in [2.24, 2.45) is 0 Å². The first-order valence-electron chi connectivity index (χ1n) is 12.3. The molecule has 0 spiro atoms. The predicted molar refractivity (Wildman–Crippen MR) is 139 cm³/mol. The molecule has 2 heterocycles. The van der Waals surface area contributed by atoms with Crippen LogP contribution < -0.4 is 4.74 Å². The summed E-state index contributed by atoms with van der Waals surface area (Å²) in [6, 6.07) is 26.3. The monoisotopic (exact) mass is 468 g/mol. The summed E-state index contributed by atoms with van der Waals surface area (Å²) in [6.07, 6.45) is 0.116. The second kappa shape index (κ2) is 10.3. The second-order valence-electron chi connectivity index (χ2n) is 9.35. The number of hydrogen-bond acceptors (Lipinski definition) is 4. The van der Waals surface area contributed by atoms with E-state index in [1.807, 2.05) is 55.1 Å². The van der Waals surface area contributed by atoms with Crippen LogP contribution in [0.1, 0.15) is 35.6 Å². The fourth-order valence-corrected chi connectivity index (χ4v) is 4.63. The Morgan fingerprint density at radius 2 is 1.54 bits per heavy atom. The summed E-state index contributed by atoms with van der Waals surface area (Å²) in [7, 11) is 0. The molecule has 4 aromatic rings. The fourth-order valence-electron chi connectivity index (χ4n) is 4.63. The van der Waals surface area contributed by atoms with E-state index in [-0.39, 0.29) is 12.0 Å². The molecule has 0 saturated carbocycles. The molecule has 1 saturated heterocycles. The van der Waals surface area contributed by atoms with Crippen LogP contribution in [0.4, 0.5) is 0 Å². The van der Waals surface area contributed by atoms with Crippen LogP contribution in [0.2, 0.25) is 0 Å². The van der Waals surface area contributed by atoms with E-state index < -0.39 is 0 Å². The standard InChI is InChI=1S/C29H32N4O2/c1-22(2)35-25-14-12-24(13-15-25)29(34)32-18-16-31(17-19-32)21-28-30-26-10-6-7-11-27(26)33(28)20-23-8-4-3-5-9-23/h3-15,22H,16-21H2,1-2H3. The van der Waals surface area contributed by atoms with Gasteiger partial charge in [-0.05, 0) is 55.8 Å². The van der Waals surface area contributed by atoms with Crippen molar-refractivity contribution in [1.82, 2.24) is 19.4 Å². The van der Waals surface area contributed by atoms with Gasteiger partial charge in [0.25, 0.3) is 5.91 Å². The van der Waals surface area contributed by atoms with Gasteiger partial charge in [0.05, 0.1) is 23.7 Å². The van der Waals surface area contributed by atoms with E-state index in [4.69, 9.17) is 9.72 Å². The minimum atomic E-state index is 0.0806. The Balaban J connectivity index is 1.25. The van der Waals surface area contributed by atoms with Gasteiger partial charge in [-0.2, -0.15) is 0 Å². The lowest BCUT2D eigenvalue weighted by Crippen LogP contribution is -2.48. The molecule has 5 rings (SSSR count). The molecule has 1 fully saturated rings. The molecule has 0 aliphatic carbocycles. The van der Waals surface area contributed by atoms with Crippen molar-refractivity contribution >= 4 is 16.9 Å². The van der Waals surface area contributed by atoms with E-state index in [2.05, 4.69) is 51.9 Å². The number of fused-ring (bicyclic) bond motifs is 1. The Kier molecular flexibility index (Phi) is 6.82. The molecule has 0 bridgehead atoms. The lowest BCUT2D eigenvalue weighted by atomic mass is 10.1. The number of carbonyl (C=O) groups excluding carboxylic acids is 1. The molecule has 1 aromatic heterocycles. The molecule has 0 N–H and O–H groups in total. The smallest absolute Gasteiger partial charge is 0.253 e. The number of imidazole rings is 1. The minimum Gasteiger partial charge on any atom is -0.491 e. The number of amides is 1. The third-order valence-electron chi connectivity index (χ3n) is 6.41. The van der Waals surface area contributed by atoms with Crippen LogP contribution in [0, 0.1) is 0 Å². The maximum Gasteiger partial charge on any atom is 0.253 e. The summed E-state index contributed by atoms with van der Waals surface area (Å²) in [5.41, 5.74) is 4.15. The van der Waals surface area contributed by atoms with E-state index in [9.17, 15) is 4.79 Å². The van der Waals surface area contributed by atoms with E-state index >= 15 is 0 Å². The van der Waals surface area contributed by atoms with Gasteiger partial charge in [-0.1, -0.05) is 42.5 Å². The highest BCUT2D eigenvalue weighted by Crippen LogP contribution is 2.21. The third kappa shape index (κ3) is 5.38. The summed E-state index contributed by atoms with van der Waals surface area (Å²) >= 11 is 0. The van der Waals surface area contributed by atoms with Gasteiger partial charge in [-0.25, -0.2) is 4.98 Å². The molecule has 1 aliphatic rings. The number of piperazine rings is 1.